The average molecular weight is 412 g/mol. The predicted molar refractivity (Wildman–Crippen MR) is 120 cm³/mol. The number of H-pyrrole nitrogens is 1. The van der Waals surface area contributed by atoms with Crippen LogP contribution >= 0.6 is 0 Å². The summed E-state index contributed by atoms with van der Waals surface area (Å²) in [6, 6.07) is 20.6. The average Bonchev–Trinajstić information content (AvgIpc) is 2.79. The number of phenols is 1. The summed E-state index contributed by atoms with van der Waals surface area (Å²) < 4.78 is 5.44. The molecule has 1 heterocycles. The molecule has 0 atom stereocenters. The van der Waals surface area contributed by atoms with Crippen LogP contribution in [0.5, 0.6) is 11.5 Å². The van der Waals surface area contributed by atoms with Gasteiger partial charge in [-0.15, -0.1) is 0 Å². The molecule has 0 saturated carbocycles. The topological polar surface area (TPSA) is 92.3 Å². The lowest BCUT2D eigenvalue weighted by molar-refractivity contribution is 0.105. The highest BCUT2D eigenvalue weighted by Gasteiger charge is 2.20. The van der Waals surface area contributed by atoms with E-state index in [1.807, 2.05) is 19.1 Å². The Morgan fingerprint density at radius 1 is 1.06 bits per heavy atom. The normalized spacial score (nSPS) is 11.5. The third-order valence-corrected chi connectivity index (χ3v) is 4.73. The molecular weight excluding hydrogens is 392 g/mol. The van der Waals surface area contributed by atoms with E-state index in [9.17, 15) is 14.7 Å². The molecule has 0 radical (unpaired) electrons. The highest BCUT2D eigenvalue weighted by Crippen LogP contribution is 2.29. The number of allylic oxidation sites excluding steroid dienone is 1. The highest BCUT2D eigenvalue weighted by atomic mass is 16.5. The molecule has 6 nitrogen and oxygen atoms in total. The quantitative estimate of drug-likeness (QED) is 0.361. The number of aromatic amines is 1. The minimum absolute atomic E-state index is 0.00314. The number of phenolic OH excluding ortho intramolecular Hbond substituents is 1. The number of hydrogen-bond donors (Lipinski definition) is 2. The molecular formula is C25H20N2O4. The number of hydrogen-bond acceptors (Lipinski definition) is 5. The van der Waals surface area contributed by atoms with Gasteiger partial charge in [-0.3, -0.25) is 9.59 Å². The standard InChI is InChI=1S/C25H20N2O4/c1-2-31-22-15-16(12-13-21(22)28)14-18(24(29)17-8-4-3-5-9-17)23-25(30)27-20-11-7-6-10-19(20)26-23/h3-15,28H,2H2,1H3,(H,27,30)/b18-14+. The number of Topliss-reactive ketones (excluding diaryl/α,β-unsaturated/α-hetero) is 1. The Hall–Kier alpha value is -4.19. The first kappa shape index (κ1) is 20.1. The number of nitrogens with one attached hydrogen (secondary N) is 1. The highest BCUT2D eigenvalue weighted by molar-refractivity contribution is 6.32. The maximum absolute atomic E-state index is 13.4. The van der Waals surface area contributed by atoms with E-state index in [0.29, 0.717) is 34.5 Å². The smallest absolute Gasteiger partial charge is 0.275 e. The van der Waals surface area contributed by atoms with Crippen molar-refractivity contribution in [3.8, 4) is 11.5 Å². The summed E-state index contributed by atoms with van der Waals surface area (Å²) in [5.74, 6) is -0.0420. The maximum atomic E-state index is 13.4. The summed E-state index contributed by atoms with van der Waals surface area (Å²) >= 11 is 0. The largest absolute Gasteiger partial charge is 0.504 e. The van der Waals surface area contributed by atoms with Gasteiger partial charge in [0.25, 0.3) is 5.56 Å². The number of rotatable bonds is 6. The number of carbonyl (C=O) groups is 1. The van der Waals surface area contributed by atoms with E-state index < -0.39 is 5.56 Å². The second-order valence-corrected chi connectivity index (χ2v) is 6.85. The number of fused-ring (bicyclic) bond motifs is 1. The van der Waals surface area contributed by atoms with Gasteiger partial charge in [-0.1, -0.05) is 48.5 Å². The van der Waals surface area contributed by atoms with E-state index >= 15 is 0 Å². The van der Waals surface area contributed by atoms with E-state index in [1.54, 1.807) is 60.7 Å². The molecule has 0 bridgehead atoms. The number of para-hydroxylation sites is 2. The van der Waals surface area contributed by atoms with Gasteiger partial charge in [0, 0.05) is 5.56 Å². The van der Waals surface area contributed by atoms with Gasteiger partial charge in [0.1, 0.15) is 5.69 Å². The maximum Gasteiger partial charge on any atom is 0.275 e. The van der Waals surface area contributed by atoms with Crippen molar-refractivity contribution in [1.82, 2.24) is 9.97 Å². The molecule has 4 rings (SSSR count). The SMILES string of the molecule is CCOc1cc(/C=C(/C(=O)c2ccccc2)c2nc3ccccc3[nH]c2=O)ccc1O. The van der Waals surface area contributed by atoms with Crippen molar-refractivity contribution in [3.63, 3.8) is 0 Å². The van der Waals surface area contributed by atoms with Crippen molar-refractivity contribution in [3.05, 3.63) is 100.0 Å². The Morgan fingerprint density at radius 2 is 1.81 bits per heavy atom. The second-order valence-electron chi connectivity index (χ2n) is 6.85. The Balaban J connectivity index is 1.92. The Morgan fingerprint density at radius 3 is 2.58 bits per heavy atom. The van der Waals surface area contributed by atoms with Crippen LogP contribution in [0.3, 0.4) is 0 Å². The molecule has 0 aliphatic carbocycles. The van der Waals surface area contributed by atoms with E-state index in [2.05, 4.69) is 9.97 Å². The first-order valence-electron chi connectivity index (χ1n) is 9.83. The first-order chi connectivity index (χ1) is 15.1. The van der Waals surface area contributed by atoms with Crippen LogP contribution in [0.2, 0.25) is 0 Å². The molecule has 4 aromatic rings. The second kappa shape index (κ2) is 8.67. The number of ketones is 1. The lowest BCUT2D eigenvalue weighted by Crippen LogP contribution is -2.18. The van der Waals surface area contributed by atoms with E-state index in [0.717, 1.165) is 0 Å². The minimum Gasteiger partial charge on any atom is -0.504 e. The van der Waals surface area contributed by atoms with Gasteiger partial charge in [0.2, 0.25) is 0 Å². The van der Waals surface area contributed by atoms with Crippen LogP contribution in [0.25, 0.3) is 22.7 Å². The van der Waals surface area contributed by atoms with Crippen LogP contribution in [0.4, 0.5) is 0 Å². The molecule has 0 amide bonds. The number of aromatic hydroxyl groups is 1. The monoisotopic (exact) mass is 412 g/mol. The number of carbonyl (C=O) groups excluding carboxylic acids is 1. The number of benzene rings is 3. The van der Waals surface area contributed by atoms with Crippen molar-refractivity contribution < 1.29 is 14.6 Å². The van der Waals surface area contributed by atoms with Crippen LogP contribution in [0.1, 0.15) is 28.5 Å². The summed E-state index contributed by atoms with van der Waals surface area (Å²) in [5, 5.41) is 9.99. The van der Waals surface area contributed by atoms with Gasteiger partial charge in [0.15, 0.2) is 17.3 Å². The van der Waals surface area contributed by atoms with Crippen molar-refractivity contribution in [2.24, 2.45) is 0 Å². The lowest BCUT2D eigenvalue weighted by atomic mass is 9.98. The fourth-order valence-corrected chi connectivity index (χ4v) is 3.26. The van der Waals surface area contributed by atoms with Gasteiger partial charge in [-0.25, -0.2) is 4.98 Å². The van der Waals surface area contributed by atoms with Crippen LogP contribution in [-0.2, 0) is 0 Å². The molecule has 31 heavy (non-hydrogen) atoms. The molecule has 6 heteroatoms. The molecule has 0 fully saturated rings. The number of ether oxygens (including phenoxy) is 1. The molecule has 0 unspecified atom stereocenters. The summed E-state index contributed by atoms with van der Waals surface area (Å²) in [4.78, 5) is 33.5. The van der Waals surface area contributed by atoms with Crippen LogP contribution in [-0.4, -0.2) is 27.5 Å². The van der Waals surface area contributed by atoms with E-state index in [1.165, 1.54) is 6.07 Å². The summed E-state index contributed by atoms with van der Waals surface area (Å²) in [6.07, 6.45) is 1.59. The van der Waals surface area contributed by atoms with Crippen LogP contribution in [0, 0.1) is 0 Å². The molecule has 154 valence electrons. The fourth-order valence-electron chi connectivity index (χ4n) is 3.26. The molecule has 0 aliphatic heterocycles. The predicted octanol–water partition coefficient (Wildman–Crippen LogP) is 4.45. The van der Waals surface area contributed by atoms with Crippen LogP contribution < -0.4 is 10.3 Å². The zero-order valence-corrected chi connectivity index (χ0v) is 16.8. The van der Waals surface area contributed by atoms with Gasteiger partial charge in [0.05, 0.1) is 23.2 Å². The third kappa shape index (κ3) is 4.23. The molecule has 0 saturated heterocycles. The lowest BCUT2D eigenvalue weighted by Gasteiger charge is -2.10. The van der Waals surface area contributed by atoms with Gasteiger partial charge in [-0.05, 0) is 42.8 Å². The summed E-state index contributed by atoms with van der Waals surface area (Å²) in [5.41, 5.74) is 1.90. The number of nitrogens with zero attached hydrogens (tertiary/aromatic N) is 1. The van der Waals surface area contributed by atoms with Crippen molar-refractivity contribution >= 4 is 28.5 Å². The third-order valence-electron chi connectivity index (χ3n) is 4.73. The fraction of sp³-hybridized carbons (Fsp3) is 0.0800. The molecule has 2 N–H and O–H groups in total. The van der Waals surface area contributed by atoms with E-state index in [4.69, 9.17) is 4.74 Å². The van der Waals surface area contributed by atoms with Crippen molar-refractivity contribution in [1.29, 1.82) is 0 Å². The Bertz CT molecular complexity index is 1340. The zero-order chi connectivity index (χ0) is 21.8. The molecule has 0 aliphatic rings. The first-order valence-corrected chi connectivity index (χ1v) is 9.83. The van der Waals surface area contributed by atoms with Gasteiger partial charge < -0.3 is 14.8 Å². The number of aromatic nitrogens is 2. The zero-order valence-electron chi connectivity index (χ0n) is 16.8. The molecule has 1 aromatic heterocycles. The van der Waals surface area contributed by atoms with Crippen molar-refractivity contribution in [2.45, 2.75) is 6.92 Å². The van der Waals surface area contributed by atoms with E-state index in [-0.39, 0.29) is 22.8 Å². The van der Waals surface area contributed by atoms with Crippen LogP contribution in [0.15, 0.2) is 77.6 Å². The summed E-state index contributed by atoms with van der Waals surface area (Å²) in [6.45, 7) is 2.19. The Kier molecular flexibility index (Phi) is 5.62. The summed E-state index contributed by atoms with van der Waals surface area (Å²) in [7, 11) is 0. The minimum atomic E-state index is -0.460. The Labute approximate surface area is 178 Å². The molecule has 3 aromatic carbocycles. The van der Waals surface area contributed by atoms with Gasteiger partial charge >= 0.3 is 0 Å². The molecule has 0 spiro atoms. The van der Waals surface area contributed by atoms with Gasteiger partial charge in [-0.2, -0.15) is 0 Å². The van der Waals surface area contributed by atoms with Crippen molar-refractivity contribution in [2.75, 3.05) is 6.61 Å².